The summed E-state index contributed by atoms with van der Waals surface area (Å²) in [5, 5.41) is -0.498. The standard InChI is InChI=1S/C18H19ClN2OS/c19-13-17-14-21(16-9-5-2-6-10-16)18(22-17)20(11-12-23-18)15-7-3-1-4-8-15/h1-10,17H,11-14H2/t17-,18+/m1/s1. The van der Waals surface area contributed by atoms with Gasteiger partial charge in [0.2, 0.25) is 0 Å². The zero-order chi connectivity index (χ0) is 15.7. The van der Waals surface area contributed by atoms with Gasteiger partial charge in [0.05, 0.1) is 18.5 Å². The highest BCUT2D eigenvalue weighted by molar-refractivity contribution is 8.01. The number of anilines is 2. The Morgan fingerprint density at radius 1 is 1.00 bits per heavy atom. The molecule has 3 nitrogen and oxygen atoms in total. The van der Waals surface area contributed by atoms with Crippen molar-refractivity contribution in [2.24, 2.45) is 0 Å². The van der Waals surface area contributed by atoms with Crippen LogP contribution in [0.5, 0.6) is 0 Å². The predicted octanol–water partition coefficient (Wildman–Crippen LogP) is 4.00. The number of alkyl halides is 1. The van der Waals surface area contributed by atoms with E-state index in [9.17, 15) is 0 Å². The molecule has 120 valence electrons. The van der Waals surface area contributed by atoms with Crippen LogP contribution in [-0.4, -0.2) is 36.0 Å². The number of thioether (sulfide) groups is 1. The molecule has 0 amide bonds. The highest BCUT2D eigenvalue weighted by atomic mass is 35.5. The molecule has 0 aromatic heterocycles. The van der Waals surface area contributed by atoms with E-state index in [1.807, 2.05) is 23.9 Å². The molecule has 0 radical (unpaired) electrons. The lowest BCUT2D eigenvalue weighted by molar-refractivity contribution is 0.0384. The minimum Gasteiger partial charge on any atom is -0.323 e. The molecule has 2 aliphatic heterocycles. The van der Waals surface area contributed by atoms with E-state index < -0.39 is 5.18 Å². The first-order valence-corrected chi connectivity index (χ1v) is 9.38. The first-order valence-electron chi connectivity index (χ1n) is 7.86. The van der Waals surface area contributed by atoms with Crippen LogP contribution in [0.2, 0.25) is 0 Å². The molecule has 2 aliphatic rings. The van der Waals surface area contributed by atoms with Gasteiger partial charge in [-0.25, -0.2) is 0 Å². The normalized spacial score (nSPS) is 27.1. The minimum absolute atomic E-state index is 0.0358. The van der Waals surface area contributed by atoms with E-state index in [1.54, 1.807) is 0 Å². The molecule has 0 bridgehead atoms. The monoisotopic (exact) mass is 346 g/mol. The summed E-state index contributed by atoms with van der Waals surface area (Å²) in [6.07, 6.45) is 0.0358. The molecule has 4 rings (SSSR count). The van der Waals surface area contributed by atoms with E-state index in [2.05, 4.69) is 58.3 Å². The van der Waals surface area contributed by atoms with Crippen LogP contribution in [0.25, 0.3) is 0 Å². The zero-order valence-electron chi connectivity index (χ0n) is 12.8. The maximum atomic E-state index is 6.48. The Bertz CT molecular complexity index is 657. The zero-order valence-corrected chi connectivity index (χ0v) is 14.3. The second kappa shape index (κ2) is 6.27. The predicted molar refractivity (Wildman–Crippen MR) is 98.4 cm³/mol. The average Bonchev–Trinajstić information content (AvgIpc) is 3.21. The fourth-order valence-corrected chi connectivity index (χ4v) is 4.90. The Morgan fingerprint density at radius 2 is 1.61 bits per heavy atom. The quantitative estimate of drug-likeness (QED) is 0.780. The van der Waals surface area contributed by atoms with E-state index in [0.717, 1.165) is 18.8 Å². The number of nitrogens with zero attached hydrogens (tertiary/aromatic N) is 2. The molecule has 2 heterocycles. The summed E-state index contributed by atoms with van der Waals surface area (Å²) in [5.41, 5.74) is 2.36. The topological polar surface area (TPSA) is 15.7 Å². The van der Waals surface area contributed by atoms with Crippen LogP contribution in [0.4, 0.5) is 11.4 Å². The molecule has 23 heavy (non-hydrogen) atoms. The van der Waals surface area contributed by atoms with Crippen LogP contribution in [0.15, 0.2) is 60.7 Å². The maximum absolute atomic E-state index is 6.48. The van der Waals surface area contributed by atoms with E-state index in [0.29, 0.717) is 5.88 Å². The number of hydrogen-bond acceptors (Lipinski definition) is 4. The molecule has 1 spiro atoms. The van der Waals surface area contributed by atoms with Crippen LogP contribution in [0, 0.1) is 0 Å². The van der Waals surface area contributed by atoms with Crippen LogP contribution >= 0.6 is 23.4 Å². The number of para-hydroxylation sites is 2. The third kappa shape index (κ3) is 2.59. The lowest BCUT2D eigenvalue weighted by atomic mass is 10.2. The van der Waals surface area contributed by atoms with E-state index in [1.165, 1.54) is 11.4 Å². The molecule has 2 fully saturated rings. The first-order chi connectivity index (χ1) is 11.3. The van der Waals surface area contributed by atoms with E-state index in [4.69, 9.17) is 16.3 Å². The van der Waals surface area contributed by atoms with Crippen LogP contribution < -0.4 is 9.80 Å². The van der Waals surface area contributed by atoms with Gasteiger partial charge in [0.15, 0.2) is 0 Å². The van der Waals surface area contributed by atoms with E-state index >= 15 is 0 Å². The number of benzene rings is 2. The van der Waals surface area contributed by atoms with Gasteiger partial charge < -0.3 is 14.5 Å². The number of halogens is 1. The largest absolute Gasteiger partial charge is 0.323 e. The second-order valence-electron chi connectivity index (χ2n) is 5.72. The lowest BCUT2D eigenvalue weighted by Gasteiger charge is -2.41. The third-order valence-corrected chi connectivity index (χ3v) is 5.95. The Hall–Kier alpha value is -1.36. The van der Waals surface area contributed by atoms with Gasteiger partial charge >= 0.3 is 0 Å². The van der Waals surface area contributed by atoms with Crippen molar-refractivity contribution in [1.29, 1.82) is 0 Å². The Morgan fingerprint density at radius 3 is 2.22 bits per heavy atom. The summed E-state index contributed by atoms with van der Waals surface area (Å²) >= 11 is 7.98. The van der Waals surface area contributed by atoms with Gasteiger partial charge in [-0.3, -0.25) is 0 Å². The van der Waals surface area contributed by atoms with Gasteiger partial charge in [-0.15, -0.1) is 11.6 Å². The molecule has 2 aromatic rings. The first kappa shape index (κ1) is 15.2. The summed E-state index contributed by atoms with van der Waals surface area (Å²) in [7, 11) is 0. The third-order valence-electron chi connectivity index (χ3n) is 4.30. The van der Waals surface area contributed by atoms with Crippen molar-refractivity contribution < 1.29 is 4.74 Å². The summed E-state index contributed by atoms with van der Waals surface area (Å²) in [5.74, 6) is 1.54. The molecule has 2 saturated heterocycles. The Kier molecular flexibility index (Phi) is 4.14. The highest BCUT2D eigenvalue weighted by Crippen LogP contribution is 2.48. The smallest absolute Gasteiger partial charge is 0.274 e. The minimum atomic E-state index is -0.498. The Labute approximate surface area is 146 Å². The molecular weight excluding hydrogens is 328 g/mol. The van der Waals surface area contributed by atoms with Crippen molar-refractivity contribution >= 4 is 34.7 Å². The summed E-state index contributed by atoms with van der Waals surface area (Å²) in [6, 6.07) is 21.0. The molecule has 5 heteroatoms. The van der Waals surface area contributed by atoms with Gasteiger partial charge in [-0.2, -0.15) is 0 Å². The number of rotatable bonds is 3. The van der Waals surface area contributed by atoms with Crippen molar-refractivity contribution in [3.05, 3.63) is 60.7 Å². The molecular formula is C18H19ClN2OS. The van der Waals surface area contributed by atoms with Gasteiger partial charge in [-0.1, -0.05) is 48.2 Å². The van der Waals surface area contributed by atoms with Crippen molar-refractivity contribution in [2.75, 3.05) is 34.5 Å². The summed E-state index contributed by atoms with van der Waals surface area (Å²) < 4.78 is 6.48. The summed E-state index contributed by atoms with van der Waals surface area (Å²) in [4.78, 5) is 4.71. The van der Waals surface area contributed by atoms with Gasteiger partial charge in [0, 0.05) is 23.7 Å². The lowest BCUT2D eigenvalue weighted by Crippen LogP contribution is -2.53. The van der Waals surface area contributed by atoms with Gasteiger partial charge in [0.1, 0.15) is 0 Å². The Balaban J connectivity index is 1.76. The highest BCUT2D eigenvalue weighted by Gasteiger charge is 2.54. The van der Waals surface area contributed by atoms with Gasteiger partial charge in [0.25, 0.3) is 5.18 Å². The van der Waals surface area contributed by atoms with Crippen LogP contribution in [0.1, 0.15) is 0 Å². The molecule has 2 aromatic carbocycles. The van der Waals surface area contributed by atoms with Crippen molar-refractivity contribution in [3.8, 4) is 0 Å². The molecule has 2 atom stereocenters. The van der Waals surface area contributed by atoms with Crippen LogP contribution in [-0.2, 0) is 4.74 Å². The maximum Gasteiger partial charge on any atom is 0.274 e. The molecule has 0 aliphatic carbocycles. The van der Waals surface area contributed by atoms with Crippen LogP contribution in [0.3, 0.4) is 0 Å². The van der Waals surface area contributed by atoms with Crippen molar-refractivity contribution in [3.63, 3.8) is 0 Å². The average molecular weight is 347 g/mol. The van der Waals surface area contributed by atoms with Gasteiger partial charge in [-0.05, 0) is 24.3 Å². The molecule has 0 saturated carbocycles. The fourth-order valence-electron chi connectivity index (χ4n) is 3.30. The second-order valence-corrected chi connectivity index (χ2v) is 7.26. The van der Waals surface area contributed by atoms with Crippen molar-refractivity contribution in [2.45, 2.75) is 11.3 Å². The number of ether oxygens (including phenoxy) is 1. The van der Waals surface area contributed by atoms with Crippen molar-refractivity contribution in [1.82, 2.24) is 0 Å². The number of hydrogen-bond donors (Lipinski definition) is 0. The van der Waals surface area contributed by atoms with E-state index in [-0.39, 0.29) is 6.10 Å². The molecule has 0 unspecified atom stereocenters. The SMILES string of the molecule is ClC[C@@H]1CN(c2ccccc2)[C@@]2(O1)SCCN2c1ccccc1. The fraction of sp³-hybridized carbons (Fsp3) is 0.333. The molecule has 0 N–H and O–H groups in total. The summed E-state index contributed by atoms with van der Waals surface area (Å²) in [6.45, 7) is 1.77.